The van der Waals surface area contributed by atoms with Gasteiger partial charge in [0.25, 0.3) is 0 Å². The molecule has 5 nitrogen and oxygen atoms in total. The summed E-state index contributed by atoms with van der Waals surface area (Å²) in [4.78, 5) is 22.8. The smallest absolute Gasteiger partial charge is 0.328 e. The van der Waals surface area contributed by atoms with Crippen molar-refractivity contribution in [3.8, 4) is 0 Å². The van der Waals surface area contributed by atoms with Crippen LogP contribution in [-0.4, -0.2) is 47.7 Å². The quantitative estimate of drug-likeness (QED) is 0.680. The van der Waals surface area contributed by atoms with E-state index in [0.717, 1.165) is 12.3 Å². The summed E-state index contributed by atoms with van der Waals surface area (Å²) in [6, 6.07) is 18.0. The van der Waals surface area contributed by atoms with Gasteiger partial charge >= 0.3 is 11.9 Å². The third-order valence-corrected chi connectivity index (χ3v) is 5.71. The van der Waals surface area contributed by atoms with Crippen LogP contribution in [0.3, 0.4) is 0 Å². The molecule has 6 heteroatoms. The molecule has 0 fully saturated rings. The molecule has 0 saturated heterocycles. The molecule has 3 rings (SSSR count). The number of carboxylic acid groups (broad SMARTS) is 2. The maximum Gasteiger partial charge on any atom is 0.328 e. The predicted molar refractivity (Wildman–Crippen MR) is 116 cm³/mol. The minimum Gasteiger partial charge on any atom is -0.478 e. The summed E-state index contributed by atoms with van der Waals surface area (Å²) in [5, 5.41) is 15.6. The SMILES string of the molecule is CN(C)CCCC1c2ccccc2CSc2ccccc21.O=C(O)C=CC(=O)O. The maximum absolute atomic E-state index is 9.55. The van der Waals surface area contributed by atoms with Crippen LogP contribution in [0.15, 0.2) is 65.6 Å². The van der Waals surface area contributed by atoms with Crippen molar-refractivity contribution in [3.05, 3.63) is 77.4 Å². The molecule has 1 heterocycles. The fraction of sp³-hybridized carbons (Fsp3) is 0.304. The first-order valence-corrected chi connectivity index (χ1v) is 10.4. The molecule has 0 bridgehead atoms. The van der Waals surface area contributed by atoms with E-state index < -0.39 is 11.9 Å². The van der Waals surface area contributed by atoms with Crippen LogP contribution in [0.25, 0.3) is 0 Å². The molecule has 2 N–H and O–H groups in total. The fourth-order valence-corrected chi connectivity index (χ4v) is 4.42. The van der Waals surface area contributed by atoms with Gasteiger partial charge in [0.2, 0.25) is 0 Å². The third-order valence-electron chi connectivity index (χ3n) is 4.57. The van der Waals surface area contributed by atoms with Crippen molar-refractivity contribution >= 4 is 23.7 Å². The molecule has 2 aromatic carbocycles. The van der Waals surface area contributed by atoms with Crippen LogP contribution in [0.4, 0.5) is 0 Å². The summed E-state index contributed by atoms with van der Waals surface area (Å²) in [7, 11) is 4.32. The van der Waals surface area contributed by atoms with Gasteiger partial charge in [-0.1, -0.05) is 42.5 Å². The Hall–Kier alpha value is -2.57. The summed E-state index contributed by atoms with van der Waals surface area (Å²) in [5.41, 5.74) is 4.56. The Morgan fingerprint density at radius 2 is 1.59 bits per heavy atom. The first-order chi connectivity index (χ1) is 13.9. The average molecular weight is 414 g/mol. The van der Waals surface area contributed by atoms with E-state index in [2.05, 4.69) is 67.5 Å². The van der Waals surface area contributed by atoms with Gasteiger partial charge < -0.3 is 15.1 Å². The van der Waals surface area contributed by atoms with Gasteiger partial charge in [0.15, 0.2) is 0 Å². The normalized spacial score (nSPS) is 15.1. The number of benzene rings is 2. The Labute approximate surface area is 176 Å². The summed E-state index contributed by atoms with van der Waals surface area (Å²) in [6.45, 7) is 1.16. The Kier molecular flexibility index (Phi) is 8.96. The van der Waals surface area contributed by atoms with Crippen molar-refractivity contribution in [2.45, 2.75) is 29.4 Å². The highest BCUT2D eigenvalue weighted by Gasteiger charge is 2.23. The number of carbonyl (C=O) groups is 2. The van der Waals surface area contributed by atoms with Crippen LogP contribution in [0, 0.1) is 0 Å². The second-order valence-electron chi connectivity index (χ2n) is 7.03. The highest BCUT2D eigenvalue weighted by Crippen LogP contribution is 2.42. The molecule has 0 amide bonds. The number of aliphatic carboxylic acids is 2. The van der Waals surface area contributed by atoms with Crippen LogP contribution < -0.4 is 0 Å². The van der Waals surface area contributed by atoms with Crippen molar-refractivity contribution in [3.63, 3.8) is 0 Å². The summed E-state index contributed by atoms with van der Waals surface area (Å²) >= 11 is 1.99. The van der Waals surface area contributed by atoms with Gasteiger partial charge in [-0.25, -0.2) is 9.59 Å². The lowest BCUT2D eigenvalue weighted by atomic mass is 9.85. The Bertz CT molecular complexity index is 800. The zero-order chi connectivity index (χ0) is 21.2. The third kappa shape index (κ3) is 7.40. The van der Waals surface area contributed by atoms with E-state index in [0.29, 0.717) is 18.1 Å². The maximum atomic E-state index is 9.55. The van der Waals surface area contributed by atoms with Crippen LogP contribution in [0.2, 0.25) is 0 Å². The standard InChI is InChI=1S/C19H23NS.C4H4O4/c1-20(2)13-7-11-17-16-9-4-3-8-15(16)14-21-19-12-6-5-10-18(17)19;5-3(6)1-2-4(7)8/h3-6,8-10,12,17H,7,11,13-14H2,1-2H3;1-2H,(H,5,6)(H,7,8). The number of rotatable bonds is 6. The number of carboxylic acids is 2. The van der Waals surface area contributed by atoms with Crippen LogP contribution in [-0.2, 0) is 15.3 Å². The van der Waals surface area contributed by atoms with E-state index in [1.54, 1.807) is 0 Å². The zero-order valence-corrected chi connectivity index (χ0v) is 17.6. The van der Waals surface area contributed by atoms with Gasteiger partial charge in [-0.15, -0.1) is 11.8 Å². The largest absolute Gasteiger partial charge is 0.478 e. The van der Waals surface area contributed by atoms with Gasteiger partial charge in [-0.2, -0.15) is 0 Å². The second-order valence-corrected chi connectivity index (χ2v) is 8.05. The minimum absolute atomic E-state index is 0.548. The molecule has 154 valence electrons. The van der Waals surface area contributed by atoms with Gasteiger partial charge in [0.05, 0.1) is 0 Å². The molecule has 1 atom stereocenters. The zero-order valence-electron chi connectivity index (χ0n) is 16.7. The molecule has 0 aromatic heterocycles. The topological polar surface area (TPSA) is 77.8 Å². The molecule has 29 heavy (non-hydrogen) atoms. The van der Waals surface area contributed by atoms with Crippen LogP contribution >= 0.6 is 11.8 Å². The molecule has 1 aliphatic rings. The Morgan fingerprint density at radius 1 is 1.00 bits per heavy atom. The van der Waals surface area contributed by atoms with Gasteiger partial charge in [-0.05, 0) is 56.2 Å². The molecule has 1 unspecified atom stereocenters. The second kappa shape index (κ2) is 11.4. The molecule has 2 aromatic rings. The summed E-state index contributed by atoms with van der Waals surface area (Å²) in [5.74, 6) is -0.871. The van der Waals surface area contributed by atoms with Gasteiger partial charge in [-0.3, -0.25) is 0 Å². The fourth-order valence-electron chi connectivity index (χ4n) is 3.29. The van der Waals surface area contributed by atoms with Crippen LogP contribution in [0.1, 0.15) is 35.4 Å². The van der Waals surface area contributed by atoms with Crippen molar-refractivity contribution in [1.82, 2.24) is 4.90 Å². The number of fused-ring (bicyclic) bond motifs is 2. The number of hydrogen-bond donors (Lipinski definition) is 2. The van der Waals surface area contributed by atoms with E-state index in [4.69, 9.17) is 10.2 Å². The first kappa shape index (κ1) is 22.7. The highest BCUT2D eigenvalue weighted by atomic mass is 32.2. The lowest BCUT2D eigenvalue weighted by Crippen LogP contribution is -2.14. The predicted octanol–water partition coefficient (Wildman–Crippen LogP) is 4.48. The number of nitrogens with zero attached hydrogens (tertiary/aromatic N) is 1. The Morgan fingerprint density at radius 3 is 2.21 bits per heavy atom. The van der Waals surface area contributed by atoms with Crippen molar-refractivity contribution in [2.75, 3.05) is 20.6 Å². The Balaban J connectivity index is 0.000000321. The van der Waals surface area contributed by atoms with E-state index in [1.165, 1.54) is 34.4 Å². The van der Waals surface area contributed by atoms with Crippen molar-refractivity contribution in [2.24, 2.45) is 0 Å². The summed E-state index contributed by atoms with van der Waals surface area (Å²) < 4.78 is 0. The lowest BCUT2D eigenvalue weighted by molar-refractivity contribution is -0.134. The van der Waals surface area contributed by atoms with Crippen molar-refractivity contribution < 1.29 is 19.8 Å². The molecule has 0 radical (unpaired) electrons. The molecule has 0 spiro atoms. The number of hydrogen-bond acceptors (Lipinski definition) is 4. The number of thioether (sulfide) groups is 1. The molecule has 0 aliphatic carbocycles. The van der Waals surface area contributed by atoms with E-state index in [-0.39, 0.29) is 0 Å². The lowest BCUT2D eigenvalue weighted by Gasteiger charge is -2.21. The van der Waals surface area contributed by atoms with Gasteiger partial charge in [0.1, 0.15) is 0 Å². The van der Waals surface area contributed by atoms with E-state index >= 15 is 0 Å². The van der Waals surface area contributed by atoms with Gasteiger partial charge in [0, 0.05) is 28.7 Å². The molecular formula is C23H27NO4S. The summed E-state index contributed by atoms with van der Waals surface area (Å²) in [6.07, 6.45) is 3.59. The highest BCUT2D eigenvalue weighted by molar-refractivity contribution is 7.98. The minimum atomic E-state index is -1.26. The monoisotopic (exact) mass is 413 g/mol. The van der Waals surface area contributed by atoms with Crippen LogP contribution in [0.5, 0.6) is 0 Å². The van der Waals surface area contributed by atoms with E-state index in [9.17, 15) is 9.59 Å². The van der Waals surface area contributed by atoms with Crippen molar-refractivity contribution in [1.29, 1.82) is 0 Å². The first-order valence-electron chi connectivity index (χ1n) is 9.46. The average Bonchev–Trinajstić information content (AvgIpc) is 2.84. The molecular weight excluding hydrogens is 386 g/mol. The van der Waals surface area contributed by atoms with E-state index in [1.807, 2.05) is 11.8 Å². The molecule has 0 saturated carbocycles. The molecule has 1 aliphatic heterocycles.